The number of thioether (sulfide) groups is 1. The molecule has 0 saturated heterocycles. The van der Waals surface area contributed by atoms with E-state index in [2.05, 4.69) is 0 Å². The lowest BCUT2D eigenvalue weighted by atomic mass is 10.1. The van der Waals surface area contributed by atoms with Crippen LogP contribution in [-0.4, -0.2) is 23.1 Å². The quantitative estimate of drug-likeness (QED) is 0.636. The fourth-order valence-corrected chi connectivity index (χ4v) is 2.17. The Balaban J connectivity index is 2.66. The maximum Gasteiger partial charge on any atom is 0.303 e. The van der Waals surface area contributed by atoms with Crippen molar-refractivity contribution in [2.45, 2.75) is 24.2 Å². The monoisotopic (exact) mass is 272 g/mol. The molecular formula is C12H13ClO3S. The van der Waals surface area contributed by atoms with Crippen LogP contribution in [0.25, 0.3) is 0 Å². The van der Waals surface area contributed by atoms with E-state index < -0.39 is 5.97 Å². The van der Waals surface area contributed by atoms with Crippen LogP contribution in [0.4, 0.5) is 0 Å². The fraction of sp³-hybridized carbons (Fsp3) is 0.333. The topological polar surface area (TPSA) is 54.4 Å². The highest BCUT2D eigenvalue weighted by atomic mass is 35.5. The molecule has 0 aliphatic carbocycles. The Kier molecular flexibility index (Phi) is 5.51. The van der Waals surface area contributed by atoms with E-state index in [0.717, 1.165) is 4.90 Å². The van der Waals surface area contributed by atoms with Gasteiger partial charge in [0.25, 0.3) is 0 Å². The second kappa shape index (κ2) is 6.67. The summed E-state index contributed by atoms with van der Waals surface area (Å²) in [7, 11) is 0. The van der Waals surface area contributed by atoms with E-state index in [-0.39, 0.29) is 18.6 Å². The standard InChI is InChI=1S/C12H13ClO3S/c1-17-8-5-6-9(10(13)7-8)11(14)3-2-4-12(15)16/h5-7H,2-4H2,1H3,(H,15,16). The highest BCUT2D eigenvalue weighted by molar-refractivity contribution is 7.98. The van der Waals surface area contributed by atoms with Crippen LogP contribution in [0, 0.1) is 0 Å². The average Bonchev–Trinajstić information content (AvgIpc) is 2.28. The molecule has 1 aromatic rings. The summed E-state index contributed by atoms with van der Waals surface area (Å²) in [6, 6.07) is 5.27. The summed E-state index contributed by atoms with van der Waals surface area (Å²) in [6.45, 7) is 0. The predicted molar refractivity (Wildman–Crippen MR) is 69.1 cm³/mol. The summed E-state index contributed by atoms with van der Waals surface area (Å²) in [5, 5.41) is 8.91. The van der Waals surface area contributed by atoms with Crippen molar-refractivity contribution >= 4 is 35.1 Å². The third kappa shape index (κ3) is 4.40. The van der Waals surface area contributed by atoms with E-state index in [1.807, 2.05) is 12.3 Å². The fourth-order valence-electron chi connectivity index (χ4n) is 1.38. The van der Waals surface area contributed by atoms with Crippen LogP contribution in [0.2, 0.25) is 5.02 Å². The Morgan fingerprint density at radius 2 is 2.06 bits per heavy atom. The number of hydrogen-bond acceptors (Lipinski definition) is 3. The third-order valence-corrected chi connectivity index (χ3v) is 3.31. The molecule has 17 heavy (non-hydrogen) atoms. The molecule has 0 saturated carbocycles. The second-order valence-corrected chi connectivity index (χ2v) is 4.80. The van der Waals surface area contributed by atoms with Gasteiger partial charge in [-0.15, -0.1) is 11.8 Å². The van der Waals surface area contributed by atoms with Crippen LogP contribution in [0.1, 0.15) is 29.6 Å². The normalized spacial score (nSPS) is 10.2. The summed E-state index contributed by atoms with van der Waals surface area (Å²) >= 11 is 7.55. The van der Waals surface area contributed by atoms with Crippen LogP contribution < -0.4 is 0 Å². The van der Waals surface area contributed by atoms with Gasteiger partial charge in [-0.05, 0) is 30.9 Å². The third-order valence-electron chi connectivity index (χ3n) is 2.27. The zero-order valence-corrected chi connectivity index (χ0v) is 11.0. The minimum atomic E-state index is -0.887. The van der Waals surface area contributed by atoms with E-state index in [1.54, 1.807) is 23.9 Å². The Labute approximate surface area is 109 Å². The van der Waals surface area contributed by atoms with Gasteiger partial charge in [-0.3, -0.25) is 9.59 Å². The molecule has 0 radical (unpaired) electrons. The summed E-state index contributed by atoms with van der Waals surface area (Å²) in [5.41, 5.74) is 0.467. The van der Waals surface area contributed by atoms with Crippen molar-refractivity contribution < 1.29 is 14.7 Å². The van der Waals surface area contributed by atoms with Crippen molar-refractivity contribution in [2.75, 3.05) is 6.26 Å². The minimum Gasteiger partial charge on any atom is -0.481 e. The molecule has 1 aromatic carbocycles. The molecule has 0 spiro atoms. The molecule has 0 amide bonds. The Morgan fingerprint density at radius 1 is 1.35 bits per heavy atom. The van der Waals surface area contributed by atoms with Gasteiger partial charge >= 0.3 is 5.97 Å². The van der Waals surface area contributed by atoms with Gasteiger partial charge in [0.1, 0.15) is 0 Å². The van der Waals surface area contributed by atoms with Crippen molar-refractivity contribution in [3.05, 3.63) is 28.8 Å². The van der Waals surface area contributed by atoms with Crippen LogP contribution in [0.5, 0.6) is 0 Å². The molecule has 0 aromatic heterocycles. The van der Waals surface area contributed by atoms with Gasteiger partial charge in [0.15, 0.2) is 5.78 Å². The lowest BCUT2D eigenvalue weighted by molar-refractivity contribution is -0.137. The number of carboxylic acid groups (broad SMARTS) is 1. The smallest absolute Gasteiger partial charge is 0.303 e. The van der Waals surface area contributed by atoms with Gasteiger partial charge in [-0.1, -0.05) is 11.6 Å². The highest BCUT2D eigenvalue weighted by Gasteiger charge is 2.11. The molecule has 0 heterocycles. The Hall–Kier alpha value is -1.00. The molecule has 0 bridgehead atoms. The van der Waals surface area contributed by atoms with Crippen molar-refractivity contribution in [1.82, 2.24) is 0 Å². The number of carbonyl (C=O) groups is 2. The summed E-state index contributed by atoms with van der Waals surface area (Å²) in [6.07, 6.45) is 2.49. The van der Waals surface area contributed by atoms with Crippen molar-refractivity contribution in [1.29, 1.82) is 0 Å². The van der Waals surface area contributed by atoms with Gasteiger partial charge in [-0.25, -0.2) is 0 Å². The second-order valence-electron chi connectivity index (χ2n) is 3.52. The molecule has 0 aliphatic heterocycles. The van der Waals surface area contributed by atoms with Gasteiger partial charge in [0.2, 0.25) is 0 Å². The van der Waals surface area contributed by atoms with Gasteiger partial charge in [0.05, 0.1) is 5.02 Å². The first kappa shape index (κ1) is 14.1. The molecule has 0 unspecified atom stereocenters. The maximum atomic E-state index is 11.8. The molecular weight excluding hydrogens is 260 g/mol. The van der Waals surface area contributed by atoms with Gasteiger partial charge < -0.3 is 5.11 Å². The lowest BCUT2D eigenvalue weighted by Gasteiger charge is -2.04. The highest BCUT2D eigenvalue weighted by Crippen LogP contribution is 2.24. The number of ketones is 1. The molecule has 92 valence electrons. The first-order chi connectivity index (χ1) is 8.04. The Bertz CT molecular complexity index is 432. The molecule has 1 N–H and O–H groups in total. The number of halogens is 1. The molecule has 1 rings (SSSR count). The summed E-state index contributed by atoms with van der Waals surface area (Å²) < 4.78 is 0. The van der Waals surface area contributed by atoms with E-state index in [1.165, 1.54) is 0 Å². The largest absolute Gasteiger partial charge is 0.481 e. The van der Waals surface area contributed by atoms with E-state index in [0.29, 0.717) is 17.0 Å². The average molecular weight is 273 g/mol. The zero-order chi connectivity index (χ0) is 12.8. The number of carboxylic acids is 1. The van der Waals surface area contributed by atoms with Crippen molar-refractivity contribution in [2.24, 2.45) is 0 Å². The number of aliphatic carboxylic acids is 1. The number of rotatable bonds is 6. The number of carbonyl (C=O) groups excluding carboxylic acids is 1. The SMILES string of the molecule is CSc1ccc(C(=O)CCCC(=O)O)c(Cl)c1. The molecule has 3 nitrogen and oxygen atoms in total. The maximum absolute atomic E-state index is 11.8. The van der Waals surface area contributed by atoms with Crippen LogP contribution in [-0.2, 0) is 4.79 Å². The Morgan fingerprint density at radius 3 is 2.59 bits per heavy atom. The molecule has 0 fully saturated rings. The number of hydrogen-bond donors (Lipinski definition) is 1. The molecule has 0 atom stereocenters. The number of Topliss-reactive ketones (excluding diaryl/α,β-unsaturated/α-hetero) is 1. The number of benzene rings is 1. The summed E-state index contributed by atoms with van der Waals surface area (Å²) in [4.78, 5) is 23.1. The van der Waals surface area contributed by atoms with Gasteiger partial charge in [-0.2, -0.15) is 0 Å². The minimum absolute atomic E-state index is 0.00620. The van der Waals surface area contributed by atoms with E-state index in [4.69, 9.17) is 16.7 Å². The molecule has 0 aliphatic rings. The van der Waals surface area contributed by atoms with E-state index >= 15 is 0 Å². The van der Waals surface area contributed by atoms with Gasteiger partial charge in [0, 0.05) is 23.3 Å². The summed E-state index contributed by atoms with van der Waals surface area (Å²) in [5.74, 6) is -0.995. The lowest BCUT2D eigenvalue weighted by Crippen LogP contribution is -2.02. The van der Waals surface area contributed by atoms with Crippen LogP contribution in [0.3, 0.4) is 0 Å². The van der Waals surface area contributed by atoms with Crippen molar-refractivity contribution in [3.8, 4) is 0 Å². The van der Waals surface area contributed by atoms with Crippen LogP contribution in [0.15, 0.2) is 23.1 Å². The zero-order valence-electron chi connectivity index (χ0n) is 9.40. The van der Waals surface area contributed by atoms with Crippen molar-refractivity contribution in [3.63, 3.8) is 0 Å². The first-order valence-electron chi connectivity index (χ1n) is 5.13. The predicted octanol–water partition coefficient (Wildman–Crippen LogP) is 3.50. The van der Waals surface area contributed by atoms with E-state index in [9.17, 15) is 9.59 Å². The van der Waals surface area contributed by atoms with Crippen LogP contribution >= 0.6 is 23.4 Å². The first-order valence-corrected chi connectivity index (χ1v) is 6.73. The molecule has 5 heteroatoms.